The molecule has 2 rings (SSSR count). The molecule has 98 valence electrons. The molecule has 0 aromatic carbocycles. The van der Waals surface area contributed by atoms with Crippen LogP contribution in [0.5, 0.6) is 0 Å². The van der Waals surface area contributed by atoms with Gasteiger partial charge in [-0.1, -0.05) is 0 Å². The highest BCUT2D eigenvalue weighted by molar-refractivity contribution is 5.83. The first-order valence-corrected chi connectivity index (χ1v) is 6.24. The molecule has 0 aliphatic heterocycles. The Morgan fingerprint density at radius 1 is 1.44 bits per heavy atom. The summed E-state index contributed by atoms with van der Waals surface area (Å²) >= 11 is 0. The summed E-state index contributed by atoms with van der Waals surface area (Å²) in [6, 6.07) is 1.89. The Labute approximate surface area is 107 Å². The van der Waals surface area contributed by atoms with Crippen LogP contribution >= 0.6 is 0 Å². The number of fused-ring (bicyclic) bond motifs is 1. The van der Waals surface area contributed by atoms with Crippen molar-refractivity contribution in [1.29, 1.82) is 0 Å². The van der Waals surface area contributed by atoms with Gasteiger partial charge in [0.25, 0.3) is 0 Å². The summed E-state index contributed by atoms with van der Waals surface area (Å²) in [4.78, 5) is 7.38. The molecule has 0 aliphatic rings. The Balaban J connectivity index is 2.27. The summed E-state index contributed by atoms with van der Waals surface area (Å²) in [5.41, 5.74) is 2.87. The van der Waals surface area contributed by atoms with E-state index in [2.05, 4.69) is 36.1 Å². The fourth-order valence-corrected chi connectivity index (χ4v) is 2.04. The SMILES string of the molecule is Cc1c[nH]c2nccc([C@@H](O)CNC(C)(C)C)c12. The molecule has 0 fully saturated rings. The summed E-state index contributed by atoms with van der Waals surface area (Å²) < 4.78 is 0. The lowest BCUT2D eigenvalue weighted by atomic mass is 10.0. The maximum Gasteiger partial charge on any atom is 0.137 e. The molecule has 1 atom stereocenters. The Morgan fingerprint density at radius 3 is 2.83 bits per heavy atom. The van der Waals surface area contributed by atoms with E-state index in [1.807, 2.05) is 19.2 Å². The van der Waals surface area contributed by atoms with Crippen molar-refractivity contribution in [1.82, 2.24) is 15.3 Å². The summed E-state index contributed by atoms with van der Waals surface area (Å²) in [5, 5.41) is 14.7. The highest BCUT2D eigenvalue weighted by Gasteiger charge is 2.17. The van der Waals surface area contributed by atoms with Crippen LogP contribution in [0.1, 0.15) is 38.0 Å². The van der Waals surface area contributed by atoms with E-state index in [0.29, 0.717) is 6.54 Å². The highest BCUT2D eigenvalue weighted by atomic mass is 16.3. The van der Waals surface area contributed by atoms with Gasteiger partial charge in [0.1, 0.15) is 5.65 Å². The van der Waals surface area contributed by atoms with Crippen molar-refractivity contribution in [2.24, 2.45) is 0 Å². The molecule has 0 amide bonds. The van der Waals surface area contributed by atoms with Crippen LogP contribution in [-0.4, -0.2) is 27.2 Å². The normalized spacial score (nSPS) is 14.1. The molecule has 2 aromatic rings. The van der Waals surface area contributed by atoms with E-state index in [-0.39, 0.29) is 5.54 Å². The molecule has 18 heavy (non-hydrogen) atoms. The summed E-state index contributed by atoms with van der Waals surface area (Å²) in [7, 11) is 0. The third-order valence-electron chi connectivity index (χ3n) is 2.99. The van der Waals surface area contributed by atoms with Gasteiger partial charge in [0.2, 0.25) is 0 Å². The number of aromatic amines is 1. The van der Waals surface area contributed by atoms with Gasteiger partial charge in [-0.3, -0.25) is 0 Å². The molecule has 4 nitrogen and oxygen atoms in total. The second-order valence-electron chi connectivity index (χ2n) is 5.74. The number of hydrogen-bond acceptors (Lipinski definition) is 3. The molecule has 4 heteroatoms. The molecule has 0 radical (unpaired) electrons. The van der Waals surface area contributed by atoms with Crippen LogP contribution in [-0.2, 0) is 0 Å². The first-order chi connectivity index (χ1) is 8.38. The number of aliphatic hydroxyl groups is 1. The van der Waals surface area contributed by atoms with Gasteiger partial charge in [-0.05, 0) is 44.9 Å². The number of aliphatic hydroxyl groups excluding tert-OH is 1. The highest BCUT2D eigenvalue weighted by Crippen LogP contribution is 2.25. The van der Waals surface area contributed by atoms with E-state index in [1.165, 1.54) is 0 Å². The Bertz CT molecular complexity index is 539. The maximum atomic E-state index is 10.3. The largest absolute Gasteiger partial charge is 0.387 e. The maximum absolute atomic E-state index is 10.3. The van der Waals surface area contributed by atoms with Gasteiger partial charge in [0, 0.05) is 29.9 Å². The lowest BCUT2D eigenvalue weighted by Crippen LogP contribution is -2.38. The first-order valence-electron chi connectivity index (χ1n) is 6.24. The van der Waals surface area contributed by atoms with Gasteiger partial charge in [-0.25, -0.2) is 4.98 Å². The van der Waals surface area contributed by atoms with E-state index < -0.39 is 6.10 Å². The third kappa shape index (κ3) is 2.71. The van der Waals surface area contributed by atoms with Gasteiger partial charge < -0.3 is 15.4 Å². The molecule has 2 aromatic heterocycles. The zero-order valence-corrected chi connectivity index (χ0v) is 11.4. The quantitative estimate of drug-likeness (QED) is 0.780. The smallest absolute Gasteiger partial charge is 0.137 e. The third-order valence-corrected chi connectivity index (χ3v) is 2.99. The minimum absolute atomic E-state index is 0.000314. The van der Waals surface area contributed by atoms with E-state index in [9.17, 15) is 5.11 Å². The Hall–Kier alpha value is -1.39. The van der Waals surface area contributed by atoms with Crippen molar-refractivity contribution in [3.05, 3.63) is 29.6 Å². The number of aryl methyl sites for hydroxylation is 1. The van der Waals surface area contributed by atoms with E-state index in [4.69, 9.17) is 0 Å². The van der Waals surface area contributed by atoms with Gasteiger partial charge in [-0.2, -0.15) is 0 Å². The fraction of sp³-hybridized carbons (Fsp3) is 0.500. The lowest BCUT2D eigenvalue weighted by Gasteiger charge is -2.23. The molecule has 0 unspecified atom stereocenters. The lowest BCUT2D eigenvalue weighted by molar-refractivity contribution is 0.164. The van der Waals surface area contributed by atoms with Crippen molar-refractivity contribution < 1.29 is 5.11 Å². The number of hydrogen-bond donors (Lipinski definition) is 3. The van der Waals surface area contributed by atoms with Crippen LogP contribution in [0, 0.1) is 6.92 Å². The van der Waals surface area contributed by atoms with Crippen LogP contribution in [0.3, 0.4) is 0 Å². The van der Waals surface area contributed by atoms with Crippen LogP contribution in [0.25, 0.3) is 11.0 Å². The average molecular weight is 247 g/mol. The zero-order valence-electron chi connectivity index (χ0n) is 11.4. The predicted octanol–water partition coefficient (Wildman–Crippen LogP) is 2.29. The van der Waals surface area contributed by atoms with Crippen molar-refractivity contribution in [2.45, 2.75) is 39.3 Å². The van der Waals surface area contributed by atoms with Crippen LogP contribution < -0.4 is 5.32 Å². The van der Waals surface area contributed by atoms with E-state index in [0.717, 1.165) is 22.2 Å². The molecule has 2 heterocycles. The van der Waals surface area contributed by atoms with Crippen molar-refractivity contribution in [2.75, 3.05) is 6.54 Å². The molecule has 3 N–H and O–H groups in total. The van der Waals surface area contributed by atoms with Gasteiger partial charge in [0.05, 0.1) is 6.10 Å². The Kier molecular flexibility index (Phi) is 3.41. The summed E-state index contributed by atoms with van der Waals surface area (Å²) in [6.45, 7) is 8.82. The number of nitrogens with zero attached hydrogens (tertiary/aromatic N) is 1. The fourth-order valence-electron chi connectivity index (χ4n) is 2.04. The van der Waals surface area contributed by atoms with Gasteiger partial charge in [-0.15, -0.1) is 0 Å². The number of nitrogens with one attached hydrogen (secondary N) is 2. The van der Waals surface area contributed by atoms with E-state index >= 15 is 0 Å². The molecular weight excluding hydrogens is 226 g/mol. The second kappa shape index (κ2) is 4.71. The molecule has 0 aliphatic carbocycles. The Morgan fingerprint density at radius 2 is 2.17 bits per heavy atom. The van der Waals surface area contributed by atoms with E-state index in [1.54, 1.807) is 6.20 Å². The van der Waals surface area contributed by atoms with Crippen molar-refractivity contribution in [3.8, 4) is 0 Å². The average Bonchev–Trinajstić information content (AvgIpc) is 2.67. The number of β-amino-alcohol motifs (C(OH)–C–C–N with tert-alkyl or cyclic N) is 1. The number of H-pyrrole nitrogens is 1. The predicted molar refractivity (Wildman–Crippen MR) is 73.5 cm³/mol. The number of rotatable bonds is 3. The topological polar surface area (TPSA) is 60.9 Å². The van der Waals surface area contributed by atoms with Crippen LogP contribution in [0.2, 0.25) is 0 Å². The molecule has 0 spiro atoms. The van der Waals surface area contributed by atoms with Crippen LogP contribution in [0.4, 0.5) is 0 Å². The minimum atomic E-state index is -0.524. The summed E-state index contributed by atoms with van der Waals surface area (Å²) in [6.07, 6.45) is 3.13. The van der Waals surface area contributed by atoms with Crippen molar-refractivity contribution >= 4 is 11.0 Å². The molecule has 0 saturated carbocycles. The second-order valence-corrected chi connectivity index (χ2v) is 5.74. The molecular formula is C14H21N3O. The van der Waals surface area contributed by atoms with Gasteiger partial charge >= 0.3 is 0 Å². The van der Waals surface area contributed by atoms with Gasteiger partial charge in [0.15, 0.2) is 0 Å². The minimum Gasteiger partial charge on any atom is -0.387 e. The zero-order chi connectivity index (χ0) is 13.3. The van der Waals surface area contributed by atoms with Crippen molar-refractivity contribution in [3.63, 3.8) is 0 Å². The first kappa shape index (κ1) is 13.1. The molecule has 0 saturated heterocycles. The molecule has 0 bridgehead atoms. The standard InChI is InChI=1S/C14H21N3O/c1-9-7-16-13-12(9)10(5-6-15-13)11(18)8-17-14(2,3)4/h5-7,11,17-18H,8H2,1-4H3,(H,15,16)/t11-/m0/s1. The summed E-state index contributed by atoms with van der Waals surface area (Å²) in [5.74, 6) is 0. The number of aromatic nitrogens is 2. The monoisotopic (exact) mass is 247 g/mol. The van der Waals surface area contributed by atoms with Crippen LogP contribution in [0.15, 0.2) is 18.5 Å². The number of pyridine rings is 1.